The van der Waals surface area contributed by atoms with E-state index in [4.69, 9.17) is 0 Å². The Morgan fingerprint density at radius 2 is 1.86 bits per heavy atom. The first kappa shape index (κ1) is 15.8. The molecule has 0 saturated carbocycles. The number of alkyl halides is 1. The lowest BCUT2D eigenvalue weighted by Crippen LogP contribution is -2.25. The van der Waals surface area contributed by atoms with Gasteiger partial charge in [0.05, 0.1) is 6.54 Å². The molecular weight excluding hydrogens is 183 g/mol. The van der Waals surface area contributed by atoms with E-state index < -0.39 is 6.17 Å². The third-order valence-electron chi connectivity index (χ3n) is 1.58. The van der Waals surface area contributed by atoms with Crippen LogP contribution in [0.5, 0.6) is 0 Å². The number of nitrogens with zero attached hydrogens (tertiary/aromatic N) is 1. The minimum absolute atomic E-state index is 0.0184. The molecule has 1 heterocycles. The lowest BCUT2D eigenvalue weighted by Gasteiger charge is -2.10. The highest BCUT2D eigenvalue weighted by Gasteiger charge is 2.22. The Morgan fingerprint density at radius 3 is 2.00 bits per heavy atom. The van der Waals surface area contributed by atoms with E-state index in [-0.39, 0.29) is 5.91 Å². The molecule has 1 saturated heterocycles. The fourth-order valence-corrected chi connectivity index (χ4v) is 1.00. The van der Waals surface area contributed by atoms with Crippen molar-refractivity contribution in [1.29, 1.82) is 0 Å². The molecule has 3 nitrogen and oxygen atoms in total. The smallest absolute Gasteiger partial charge is 0.219 e. The van der Waals surface area contributed by atoms with Crippen LogP contribution in [0, 0.1) is 0 Å². The number of nitrogens with one attached hydrogen (secondary N) is 1. The summed E-state index contributed by atoms with van der Waals surface area (Å²) in [4.78, 5) is 12.1. The van der Waals surface area contributed by atoms with Crippen molar-refractivity contribution in [2.75, 3.05) is 27.2 Å². The summed E-state index contributed by atoms with van der Waals surface area (Å²) in [6, 6.07) is 0. The Bertz CT molecular complexity index is 142. The highest BCUT2D eigenvalue weighted by Crippen LogP contribution is 2.11. The third-order valence-corrected chi connectivity index (χ3v) is 1.58. The van der Waals surface area contributed by atoms with Crippen molar-refractivity contribution < 1.29 is 9.18 Å². The van der Waals surface area contributed by atoms with Crippen molar-refractivity contribution in [3.05, 3.63) is 0 Å². The van der Waals surface area contributed by atoms with Crippen LogP contribution in [-0.4, -0.2) is 44.2 Å². The average Bonchev–Trinajstić information content (AvgIpc) is 2.57. The topological polar surface area (TPSA) is 32.3 Å². The van der Waals surface area contributed by atoms with Crippen molar-refractivity contribution in [2.45, 2.75) is 33.4 Å². The van der Waals surface area contributed by atoms with Crippen LogP contribution in [-0.2, 0) is 4.79 Å². The first-order valence-corrected chi connectivity index (χ1v) is 5.09. The van der Waals surface area contributed by atoms with Gasteiger partial charge in [0, 0.05) is 13.5 Å². The predicted molar refractivity (Wildman–Crippen MR) is 58.1 cm³/mol. The summed E-state index contributed by atoms with van der Waals surface area (Å²) in [5, 5.41) is 2.75. The van der Waals surface area contributed by atoms with Gasteiger partial charge in [-0.1, -0.05) is 13.8 Å². The van der Waals surface area contributed by atoms with Crippen LogP contribution >= 0.6 is 0 Å². The van der Waals surface area contributed by atoms with Crippen molar-refractivity contribution in [3.63, 3.8) is 0 Å². The zero-order valence-electron chi connectivity index (χ0n) is 9.93. The molecule has 0 bridgehead atoms. The quantitative estimate of drug-likeness (QED) is 0.650. The van der Waals surface area contributed by atoms with Gasteiger partial charge < -0.3 is 10.2 Å². The molecule has 1 amide bonds. The molecule has 0 radical (unpaired) electrons. The zero-order valence-corrected chi connectivity index (χ0v) is 9.93. The van der Waals surface area contributed by atoms with Crippen LogP contribution in [0.3, 0.4) is 0 Å². The highest BCUT2D eigenvalue weighted by molar-refractivity contribution is 5.73. The summed E-state index contributed by atoms with van der Waals surface area (Å²) < 4.78 is 12.3. The van der Waals surface area contributed by atoms with Gasteiger partial charge in [-0.3, -0.25) is 4.79 Å². The van der Waals surface area contributed by atoms with Gasteiger partial charge in [0.2, 0.25) is 5.91 Å². The molecular formula is C10H23FN2O. The van der Waals surface area contributed by atoms with E-state index in [2.05, 4.69) is 5.32 Å². The average molecular weight is 206 g/mol. The normalized spacial score (nSPS) is 19.0. The molecule has 0 spiro atoms. The molecule has 0 aromatic heterocycles. The second-order valence-corrected chi connectivity index (χ2v) is 2.85. The lowest BCUT2D eigenvalue weighted by atomic mass is 10.3. The van der Waals surface area contributed by atoms with Crippen molar-refractivity contribution in [3.8, 4) is 0 Å². The van der Waals surface area contributed by atoms with E-state index in [1.165, 1.54) is 11.8 Å². The first-order valence-electron chi connectivity index (χ1n) is 5.09. The van der Waals surface area contributed by atoms with E-state index in [1.54, 1.807) is 0 Å². The molecule has 0 aliphatic carbocycles. The first-order chi connectivity index (χ1) is 6.61. The molecule has 0 aromatic rings. The van der Waals surface area contributed by atoms with Crippen molar-refractivity contribution in [1.82, 2.24) is 10.2 Å². The van der Waals surface area contributed by atoms with Gasteiger partial charge in [-0.2, -0.15) is 0 Å². The number of amides is 1. The fraction of sp³-hybridized carbons (Fsp3) is 0.900. The number of hydrogen-bond donors (Lipinski definition) is 1. The van der Waals surface area contributed by atoms with E-state index in [0.717, 1.165) is 0 Å². The second kappa shape index (κ2) is 10.4. The van der Waals surface area contributed by atoms with Crippen LogP contribution in [0.15, 0.2) is 0 Å². The Kier molecular flexibility index (Phi) is 11.8. The monoisotopic (exact) mass is 206 g/mol. The number of hydrogen-bond acceptors (Lipinski definition) is 2. The molecule has 0 aromatic carbocycles. The molecule has 86 valence electrons. The fourth-order valence-electron chi connectivity index (χ4n) is 1.00. The van der Waals surface area contributed by atoms with Crippen molar-refractivity contribution in [2.24, 2.45) is 0 Å². The highest BCUT2D eigenvalue weighted by atomic mass is 19.1. The maximum absolute atomic E-state index is 12.3. The lowest BCUT2D eigenvalue weighted by molar-refractivity contribution is -0.127. The van der Waals surface area contributed by atoms with Crippen LogP contribution < -0.4 is 5.32 Å². The van der Waals surface area contributed by atoms with Crippen LogP contribution in [0.4, 0.5) is 4.39 Å². The Balaban J connectivity index is 0. The van der Waals surface area contributed by atoms with Gasteiger partial charge in [0.15, 0.2) is 0 Å². The minimum Gasteiger partial charge on any atom is -0.340 e. The molecule has 1 aliphatic rings. The van der Waals surface area contributed by atoms with Crippen molar-refractivity contribution >= 4 is 5.91 Å². The SMILES string of the molecule is CC.CC(=O)N1CCC(F)C1.CNC. The zero-order chi connectivity index (χ0) is 11.6. The van der Waals surface area contributed by atoms with Crippen LogP contribution in [0.2, 0.25) is 0 Å². The van der Waals surface area contributed by atoms with Crippen LogP contribution in [0.25, 0.3) is 0 Å². The third kappa shape index (κ3) is 7.98. The Labute approximate surface area is 86.7 Å². The summed E-state index contributed by atoms with van der Waals surface area (Å²) in [5.41, 5.74) is 0. The van der Waals surface area contributed by atoms with Gasteiger partial charge in [0.25, 0.3) is 0 Å². The number of carbonyl (C=O) groups is 1. The molecule has 1 atom stereocenters. The van der Waals surface area contributed by atoms with Gasteiger partial charge in [-0.05, 0) is 20.5 Å². The summed E-state index contributed by atoms with van der Waals surface area (Å²) in [6.45, 7) is 6.36. The second-order valence-electron chi connectivity index (χ2n) is 2.85. The standard InChI is InChI=1S/C6H10FNO.C2H7N.C2H6/c1-5(9)8-3-2-6(7)4-8;1-3-2;1-2/h6H,2-4H2,1H3;3H,1-2H3;1-2H3. The summed E-state index contributed by atoms with van der Waals surface area (Å²) in [7, 11) is 3.75. The summed E-state index contributed by atoms with van der Waals surface area (Å²) in [6.07, 6.45) is -0.270. The molecule has 4 heteroatoms. The van der Waals surface area contributed by atoms with Gasteiger partial charge >= 0.3 is 0 Å². The number of halogens is 1. The Morgan fingerprint density at radius 1 is 1.43 bits per heavy atom. The maximum atomic E-state index is 12.3. The number of rotatable bonds is 0. The van der Waals surface area contributed by atoms with Crippen LogP contribution in [0.1, 0.15) is 27.2 Å². The van der Waals surface area contributed by atoms with E-state index in [9.17, 15) is 9.18 Å². The van der Waals surface area contributed by atoms with Gasteiger partial charge in [-0.25, -0.2) is 4.39 Å². The minimum atomic E-state index is -0.783. The summed E-state index contributed by atoms with van der Waals surface area (Å²) >= 11 is 0. The molecule has 1 unspecified atom stereocenters. The van der Waals surface area contributed by atoms with Gasteiger partial charge in [-0.15, -0.1) is 0 Å². The molecule has 1 N–H and O–H groups in total. The summed E-state index contributed by atoms with van der Waals surface area (Å²) in [5.74, 6) is -0.0184. The largest absolute Gasteiger partial charge is 0.340 e. The maximum Gasteiger partial charge on any atom is 0.219 e. The van der Waals surface area contributed by atoms with E-state index in [0.29, 0.717) is 19.5 Å². The molecule has 1 fully saturated rings. The molecule has 1 aliphatic heterocycles. The van der Waals surface area contributed by atoms with E-state index in [1.807, 2.05) is 27.9 Å². The van der Waals surface area contributed by atoms with Gasteiger partial charge in [0.1, 0.15) is 6.17 Å². The number of carbonyl (C=O) groups excluding carboxylic acids is 1. The number of likely N-dealkylation sites (tertiary alicyclic amines) is 1. The molecule has 14 heavy (non-hydrogen) atoms. The predicted octanol–water partition coefficient (Wildman–Crippen LogP) is 1.44. The Hall–Kier alpha value is -0.640. The molecule has 1 rings (SSSR count). The van der Waals surface area contributed by atoms with E-state index >= 15 is 0 Å².